The van der Waals surface area contributed by atoms with Crippen molar-refractivity contribution >= 4 is 5.69 Å². The minimum Gasteiger partial charge on any atom is -0.396 e. The van der Waals surface area contributed by atoms with E-state index in [4.69, 9.17) is 0 Å². The molecule has 0 bridgehead atoms. The number of nitrogens with zero attached hydrogens (tertiary/aromatic N) is 1. The summed E-state index contributed by atoms with van der Waals surface area (Å²) in [4.78, 5) is 2.64. The van der Waals surface area contributed by atoms with Crippen LogP contribution in [0.4, 0.5) is 5.69 Å². The Balaban J connectivity index is 1.81. The molecule has 0 spiro atoms. The largest absolute Gasteiger partial charge is 0.396 e. The van der Waals surface area contributed by atoms with Gasteiger partial charge in [0.05, 0.1) is 0 Å². The maximum atomic E-state index is 9.28. The fourth-order valence-corrected chi connectivity index (χ4v) is 3.63. The van der Waals surface area contributed by atoms with Crippen molar-refractivity contribution in [1.29, 1.82) is 0 Å². The third-order valence-corrected chi connectivity index (χ3v) is 4.89. The Morgan fingerprint density at radius 1 is 1.26 bits per heavy atom. The third kappa shape index (κ3) is 2.51. The molecule has 3 rings (SSSR count). The molecule has 0 saturated heterocycles. The van der Waals surface area contributed by atoms with E-state index in [-0.39, 0.29) is 12.5 Å². The predicted octanol–water partition coefficient (Wildman–Crippen LogP) is 3.48. The first kappa shape index (κ1) is 13.0. The number of fused-ring (bicyclic) bond motifs is 1. The van der Waals surface area contributed by atoms with Gasteiger partial charge in [0.1, 0.15) is 0 Å². The van der Waals surface area contributed by atoms with Gasteiger partial charge < -0.3 is 10.0 Å². The van der Waals surface area contributed by atoms with E-state index in [0.29, 0.717) is 0 Å². The lowest BCUT2D eigenvalue weighted by atomic mass is 9.94. The summed E-state index contributed by atoms with van der Waals surface area (Å²) in [7, 11) is 0. The molecule has 1 saturated carbocycles. The standard InChI is InChI=1S/C17H25NO/c1-13(12-19)14-7-8-17-15(11-14)9-10-18(17)16-5-3-2-4-6-16/h7-8,11,13,16,19H,2-6,9-10,12H2,1H3. The quantitative estimate of drug-likeness (QED) is 0.898. The fourth-order valence-electron chi connectivity index (χ4n) is 3.63. The maximum Gasteiger partial charge on any atom is 0.0497 e. The van der Waals surface area contributed by atoms with Crippen molar-refractivity contribution in [3.05, 3.63) is 29.3 Å². The predicted molar refractivity (Wildman–Crippen MR) is 79.9 cm³/mol. The first-order valence-electron chi connectivity index (χ1n) is 7.80. The second-order valence-electron chi connectivity index (χ2n) is 6.21. The summed E-state index contributed by atoms with van der Waals surface area (Å²) >= 11 is 0. The molecular formula is C17H25NO. The normalized spacial score (nSPS) is 21.5. The molecule has 1 aromatic rings. The SMILES string of the molecule is CC(CO)c1ccc2c(c1)CCN2C1CCCCC1. The van der Waals surface area contributed by atoms with Crippen LogP contribution in [0.15, 0.2) is 18.2 Å². The number of rotatable bonds is 3. The van der Waals surface area contributed by atoms with Gasteiger partial charge in [-0.25, -0.2) is 0 Å². The van der Waals surface area contributed by atoms with Gasteiger partial charge in [0.15, 0.2) is 0 Å². The Morgan fingerprint density at radius 2 is 2.05 bits per heavy atom. The van der Waals surface area contributed by atoms with E-state index < -0.39 is 0 Å². The zero-order valence-corrected chi connectivity index (χ0v) is 11.9. The van der Waals surface area contributed by atoms with Gasteiger partial charge in [0, 0.05) is 30.8 Å². The molecule has 0 radical (unpaired) electrons. The van der Waals surface area contributed by atoms with Crippen LogP contribution in [0.25, 0.3) is 0 Å². The second kappa shape index (κ2) is 5.54. The molecule has 0 aromatic heterocycles. The van der Waals surface area contributed by atoms with Crippen molar-refractivity contribution in [2.75, 3.05) is 18.1 Å². The molecule has 1 aliphatic carbocycles. The minimum absolute atomic E-state index is 0.241. The van der Waals surface area contributed by atoms with Crippen LogP contribution < -0.4 is 4.90 Å². The van der Waals surface area contributed by atoms with Crippen LogP contribution in [-0.2, 0) is 6.42 Å². The van der Waals surface area contributed by atoms with Crippen LogP contribution in [0.2, 0.25) is 0 Å². The van der Waals surface area contributed by atoms with Gasteiger partial charge in [-0.1, -0.05) is 38.3 Å². The van der Waals surface area contributed by atoms with Crippen LogP contribution in [0.1, 0.15) is 56.1 Å². The van der Waals surface area contributed by atoms with E-state index in [2.05, 4.69) is 30.0 Å². The first-order valence-corrected chi connectivity index (χ1v) is 7.80. The molecule has 1 aromatic carbocycles. The van der Waals surface area contributed by atoms with E-state index in [1.807, 2.05) is 0 Å². The van der Waals surface area contributed by atoms with Crippen molar-refractivity contribution in [1.82, 2.24) is 0 Å². The van der Waals surface area contributed by atoms with Crippen molar-refractivity contribution in [2.45, 2.75) is 57.4 Å². The Kier molecular flexibility index (Phi) is 3.79. The smallest absolute Gasteiger partial charge is 0.0497 e. The average Bonchev–Trinajstić information content (AvgIpc) is 2.90. The van der Waals surface area contributed by atoms with E-state index in [9.17, 15) is 5.11 Å². The molecule has 1 unspecified atom stereocenters. The molecule has 104 valence electrons. The number of hydrogen-bond acceptors (Lipinski definition) is 2. The highest BCUT2D eigenvalue weighted by atomic mass is 16.3. The van der Waals surface area contributed by atoms with E-state index in [0.717, 1.165) is 6.04 Å². The van der Waals surface area contributed by atoms with Crippen molar-refractivity contribution in [3.8, 4) is 0 Å². The van der Waals surface area contributed by atoms with Gasteiger partial charge in [0.2, 0.25) is 0 Å². The Hall–Kier alpha value is -1.02. The van der Waals surface area contributed by atoms with Gasteiger partial charge in [0.25, 0.3) is 0 Å². The fraction of sp³-hybridized carbons (Fsp3) is 0.647. The molecule has 1 N–H and O–H groups in total. The van der Waals surface area contributed by atoms with Crippen molar-refractivity contribution < 1.29 is 5.11 Å². The van der Waals surface area contributed by atoms with E-state index in [1.165, 1.54) is 61.9 Å². The highest BCUT2D eigenvalue weighted by Gasteiger charge is 2.27. The highest BCUT2D eigenvalue weighted by molar-refractivity contribution is 5.60. The first-order chi connectivity index (χ1) is 9.29. The summed E-state index contributed by atoms with van der Waals surface area (Å²) in [6.07, 6.45) is 8.14. The summed E-state index contributed by atoms with van der Waals surface area (Å²) in [5.41, 5.74) is 4.23. The van der Waals surface area contributed by atoms with Crippen molar-refractivity contribution in [3.63, 3.8) is 0 Å². The number of anilines is 1. The second-order valence-corrected chi connectivity index (χ2v) is 6.21. The molecular weight excluding hydrogens is 234 g/mol. The van der Waals surface area contributed by atoms with Gasteiger partial charge in [-0.3, -0.25) is 0 Å². The van der Waals surface area contributed by atoms with Gasteiger partial charge in [-0.05, 0) is 36.5 Å². The average molecular weight is 259 g/mol. The molecule has 2 nitrogen and oxygen atoms in total. The molecule has 1 heterocycles. The molecule has 0 amide bonds. The summed E-state index contributed by atoms with van der Waals surface area (Å²) in [5.74, 6) is 0.258. The van der Waals surface area contributed by atoms with Gasteiger partial charge >= 0.3 is 0 Å². The van der Waals surface area contributed by atoms with Crippen LogP contribution in [-0.4, -0.2) is 24.3 Å². The molecule has 1 atom stereocenters. The number of aliphatic hydroxyl groups is 1. The Labute approximate surface area is 116 Å². The maximum absolute atomic E-state index is 9.28. The zero-order valence-electron chi connectivity index (χ0n) is 11.9. The molecule has 1 fully saturated rings. The molecule has 2 aliphatic rings. The van der Waals surface area contributed by atoms with Crippen molar-refractivity contribution in [2.24, 2.45) is 0 Å². The Bertz CT molecular complexity index is 437. The third-order valence-electron chi connectivity index (χ3n) is 4.89. The lowest BCUT2D eigenvalue weighted by Crippen LogP contribution is -2.35. The zero-order chi connectivity index (χ0) is 13.2. The molecule has 19 heavy (non-hydrogen) atoms. The molecule has 2 heteroatoms. The lowest BCUT2D eigenvalue weighted by Gasteiger charge is -2.33. The van der Waals surface area contributed by atoms with Crippen LogP contribution in [0.5, 0.6) is 0 Å². The summed E-state index contributed by atoms with van der Waals surface area (Å²) in [6.45, 7) is 3.53. The topological polar surface area (TPSA) is 23.5 Å². The van der Waals surface area contributed by atoms with Crippen LogP contribution in [0, 0.1) is 0 Å². The number of hydrogen-bond donors (Lipinski definition) is 1. The van der Waals surface area contributed by atoms with Crippen LogP contribution >= 0.6 is 0 Å². The Morgan fingerprint density at radius 3 is 2.79 bits per heavy atom. The van der Waals surface area contributed by atoms with Gasteiger partial charge in [-0.2, -0.15) is 0 Å². The summed E-state index contributed by atoms with van der Waals surface area (Å²) in [5, 5.41) is 9.28. The minimum atomic E-state index is 0.241. The van der Waals surface area contributed by atoms with E-state index in [1.54, 1.807) is 0 Å². The van der Waals surface area contributed by atoms with Crippen LogP contribution in [0.3, 0.4) is 0 Å². The number of benzene rings is 1. The highest BCUT2D eigenvalue weighted by Crippen LogP contribution is 2.35. The van der Waals surface area contributed by atoms with E-state index >= 15 is 0 Å². The lowest BCUT2D eigenvalue weighted by molar-refractivity contribution is 0.273. The monoisotopic (exact) mass is 259 g/mol. The number of aliphatic hydroxyl groups excluding tert-OH is 1. The summed E-state index contributed by atoms with van der Waals surface area (Å²) < 4.78 is 0. The van der Waals surface area contributed by atoms with Gasteiger partial charge in [-0.15, -0.1) is 0 Å². The molecule has 1 aliphatic heterocycles. The summed E-state index contributed by atoms with van der Waals surface area (Å²) in [6, 6.07) is 7.59.